The second-order valence-corrected chi connectivity index (χ2v) is 3.68. The lowest BCUT2D eigenvalue weighted by molar-refractivity contribution is -0.759. The van der Waals surface area contributed by atoms with E-state index < -0.39 is 0 Å². The van der Waals surface area contributed by atoms with Crippen molar-refractivity contribution in [2.24, 2.45) is 0 Å². The second-order valence-electron chi connectivity index (χ2n) is 3.68. The molecular weight excluding hydrogens is 218 g/mol. The summed E-state index contributed by atoms with van der Waals surface area (Å²) in [4.78, 5) is 10.6. The highest BCUT2D eigenvalue weighted by Crippen LogP contribution is 2.23. The number of hydrogen-bond acceptors (Lipinski definition) is 3. The van der Waals surface area contributed by atoms with Gasteiger partial charge >= 0.3 is 0 Å². The summed E-state index contributed by atoms with van der Waals surface area (Å²) in [6.45, 7) is 4.06. The Bertz CT molecular complexity index is 354. The molecule has 0 aliphatic carbocycles. The fourth-order valence-electron chi connectivity index (χ4n) is 1.80. The number of nitrogens with zero attached hydrogens (tertiary/aromatic N) is 1. The van der Waals surface area contributed by atoms with Gasteiger partial charge in [-0.1, -0.05) is 13.8 Å². The minimum Gasteiger partial charge on any atom is -0.394 e. The van der Waals surface area contributed by atoms with E-state index in [2.05, 4.69) is 0 Å². The molecule has 4 heteroatoms. The molecule has 1 fully saturated rings. The molecule has 1 aliphatic rings. The molecule has 17 heavy (non-hydrogen) atoms. The Labute approximate surface area is 102 Å². The predicted octanol–water partition coefficient (Wildman–Crippen LogP) is 1.48. The maximum Gasteiger partial charge on any atom is 0.262 e. The molecule has 2 heterocycles. The van der Waals surface area contributed by atoms with E-state index >= 15 is 0 Å². The Morgan fingerprint density at radius 1 is 1.53 bits per heavy atom. The van der Waals surface area contributed by atoms with Crippen LogP contribution in [0, 0.1) is 0 Å². The summed E-state index contributed by atoms with van der Waals surface area (Å²) in [5.74, 6) is 0. The summed E-state index contributed by atoms with van der Waals surface area (Å²) in [5, 5.41) is 8.94. The van der Waals surface area contributed by atoms with Gasteiger partial charge in [0.1, 0.15) is 0 Å². The van der Waals surface area contributed by atoms with E-state index in [1.807, 2.05) is 30.7 Å². The van der Waals surface area contributed by atoms with Crippen LogP contribution < -0.4 is 4.57 Å². The third-order valence-electron chi connectivity index (χ3n) is 2.60. The summed E-state index contributed by atoms with van der Waals surface area (Å²) >= 11 is 0. The van der Waals surface area contributed by atoms with Crippen molar-refractivity contribution in [3.8, 4) is 0 Å². The molecule has 2 atom stereocenters. The topological polar surface area (TPSA) is 50.4 Å². The second kappa shape index (κ2) is 7.14. The first-order chi connectivity index (χ1) is 8.33. The van der Waals surface area contributed by atoms with Crippen molar-refractivity contribution in [1.82, 2.24) is 0 Å². The van der Waals surface area contributed by atoms with Crippen LogP contribution in [0.2, 0.25) is 0 Å². The fraction of sp³-hybridized carbons (Fsp3) is 0.538. The van der Waals surface area contributed by atoms with Crippen molar-refractivity contribution in [3.05, 3.63) is 30.1 Å². The molecule has 1 aromatic heterocycles. The van der Waals surface area contributed by atoms with Gasteiger partial charge in [-0.2, -0.15) is 4.57 Å². The predicted molar refractivity (Wildman–Crippen MR) is 63.6 cm³/mol. The third kappa shape index (κ3) is 3.61. The quantitative estimate of drug-likeness (QED) is 0.641. The first-order valence-corrected chi connectivity index (χ1v) is 6.06. The van der Waals surface area contributed by atoms with Crippen molar-refractivity contribution in [2.75, 3.05) is 6.61 Å². The fourth-order valence-corrected chi connectivity index (χ4v) is 1.80. The van der Waals surface area contributed by atoms with Gasteiger partial charge in [-0.25, -0.2) is 0 Å². The van der Waals surface area contributed by atoms with Crippen molar-refractivity contribution < 1.29 is 19.2 Å². The molecule has 1 aliphatic heterocycles. The number of ether oxygens (including phenoxy) is 1. The number of aldehydes is 1. The van der Waals surface area contributed by atoms with E-state index in [1.54, 1.807) is 12.3 Å². The van der Waals surface area contributed by atoms with E-state index in [4.69, 9.17) is 9.84 Å². The zero-order valence-electron chi connectivity index (χ0n) is 10.4. The Morgan fingerprint density at radius 2 is 2.29 bits per heavy atom. The Morgan fingerprint density at radius 3 is 2.88 bits per heavy atom. The van der Waals surface area contributed by atoms with E-state index in [9.17, 15) is 4.79 Å². The normalized spacial score (nSPS) is 22.8. The molecule has 0 bridgehead atoms. The molecule has 1 saturated heterocycles. The number of hydrogen-bond donors (Lipinski definition) is 1. The lowest BCUT2D eigenvalue weighted by Crippen LogP contribution is -2.39. The lowest BCUT2D eigenvalue weighted by Gasteiger charge is -2.07. The van der Waals surface area contributed by atoms with Crippen LogP contribution in [0.5, 0.6) is 0 Å². The maximum absolute atomic E-state index is 10.6. The number of aliphatic hydroxyl groups is 1. The minimum atomic E-state index is -0.0672. The first kappa shape index (κ1) is 13.8. The number of carbonyl (C=O) groups is 1. The number of aromatic nitrogens is 1. The Hall–Kier alpha value is -1.26. The van der Waals surface area contributed by atoms with Gasteiger partial charge in [-0.15, -0.1) is 0 Å². The van der Waals surface area contributed by atoms with Crippen LogP contribution in [0.3, 0.4) is 0 Å². The monoisotopic (exact) mass is 238 g/mol. The highest BCUT2D eigenvalue weighted by molar-refractivity contribution is 5.73. The highest BCUT2D eigenvalue weighted by atomic mass is 16.5. The molecule has 0 amide bonds. The lowest BCUT2D eigenvalue weighted by atomic mass is 10.2. The molecule has 0 radical (unpaired) electrons. The van der Waals surface area contributed by atoms with Gasteiger partial charge in [-0.05, 0) is 12.5 Å². The molecule has 0 spiro atoms. The summed E-state index contributed by atoms with van der Waals surface area (Å²) in [6.07, 6.45) is 6.06. The van der Waals surface area contributed by atoms with Crippen LogP contribution >= 0.6 is 0 Å². The number of carbonyl (C=O) groups excluding carboxylic acids is 1. The van der Waals surface area contributed by atoms with Crippen LogP contribution in [0.25, 0.3) is 0 Å². The minimum absolute atomic E-state index is 0.0537. The summed E-state index contributed by atoms with van der Waals surface area (Å²) in [7, 11) is 0. The molecule has 1 aromatic rings. The molecule has 2 rings (SSSR count). The summed E-state index contributed by atoms with van der Waals surface area (Å²) < 4.78 is 7.47. The van der Waals surface area contributed by atoms with Gasteiger partial charge in [0.2, 0.25) is 0 Å². The van der Waals surface area contributed by atoms with Crippen molar-refractivity contribution in [1.29, 1.82) is 0 Å². The van der Waals surface area contributed by atoms with E-state index in [0.717, 1.165) is 19.1 Å². The largest absolute Gasteiger partial charge is 0.394 e. The molecular formula is C13H20NO3+. The Kier molecular flexibility index (Phi) is 5.80. The average molecular weight is 238 g/mol. The smallest absolute Gasteiger partial charge is 0.262 e. The van der Waals surface area contributed by atoms with Gasteiger partial charge in [-0.3, -0.25) is 4.79 Å². The molecule has 4 nitrogen and oxygen atoms in total. The number of pyridine rings is 1. The molecule has 0 saturated carbocycles. The first-order valence-electron chi connectivity index (χ1n) is 6.06. The van der Waals surface area contributed by atoms with Crippen LogP contribution in [0.4, 0.5) is 0 Å². The number of aliphatic hydroxyl groups excluding tert-OH is 1. The van der Waals surface area contributed by atoms with E-state index in [1.165, 1.54) is 0 Å². The van der Waals surface area contributed by atoms with Crippen LogP contribution in [0.15, 0.2) is 24.5 Å². The van der Waals surface area contributed by atoms with E-state index in [-0.39, 0.29) is 18.9 Å². The summed E-state index contributed by atoms with van der Waals surface area (Å²) in [5.41, 5.74) is 0.633. The van der Waals surface area contributed by atoms with Gasteiger partial charge in [0.25, 0.3) is 6.23 Å². The van der Waals surface area contributed by atoms with Crippen molar-refractivity contribution >= 4 is 6.29 Å². The van der Waals surface area contributed by atoms with Crippen LogP contribution in [-0.2, 0) is 4.74 Å². The standard InChI is InChI=1S/C11H14NO3.C2H6/c13-7-9-2-1-5-12(6-9)11-4-3-10(8-14)15-11;1-2/h1-2,5-7,10-11,14H,3-4,8H2;1-2H3/q+1;. The summed E-state index contributed by atoms with van der Waals surface area (Å²) in [6, 6.07) is 3.57. The van der Waals surface area contributed by atoms with E-state index in [0.29, 0.717) is 5.56 Å². The van der Waals surface area contributed by atoms with Gasteiger partial charge in [0, 0.05) is 12.5 Å². The number of rotatable bonds is 3. The zero-order chi connectivity index (χ0) is 12.7. The van der Waals surface area contributed by atoms with Crippen LogP contribution in [-0.4, -0.2) is 24.1 Å². The molecule has 0 aromatic carbocycles. The van der Waals surface area contributed by atoms with Crippen molar-refractivity contribution in [2.45, 2.75) is 39.0 Å². The van der Waals surface area contributed by atoms with Gasteiger partial charge in [0.05, 0.1) is 18.3 Å². The maximum atomic E-state index is 10.6. The van der Waals surface area contributed by atoms with Crippen LogP contribution in [0.1, 0.15) is 43.3 Å². The van der Waals surface area contributed by atoms with Gasteiger partial charge in [0.15, 0.2) is 18.7 Å². The zero-order valence-corrected chi connectivity index (χ0v) is 10.4. The third-order valence-corrected chi connectivity index (χ3v) is 2.60. The average Bonchev–Trinajstić information content (AvgIpc) is 2.90. The molecule has 94 valence electrons. The van der Waals surface area contributed by atoms with Crippen molar-refractivity contribution in [3.63, 3.8) is 0 Å². The Balaban J connectivity index is 0.000000686. The van der Waals surface area contributed by atoms with Gasteiger partial charge < -0.3 is 9.84 Å². The molecule has 2 unspecified atom stereocenters. The molecule has 1 N–H and O–H groups in total. The SMILES string of the molecule is CC.O=Cc1ccc[n+](C2CCC(CO)O2)c1. The highest BCUT2D eigenvalue weighted by Gasteiger charge is 2.31.